The lowest BCUT2D eigenvalue weighted by molar-refractivity contribution is -0.151. The van der Waals surface area contributed by atoms with Crippen LogP contribution < -0.4 is 0 Å². The third kappa shape index (κ3) is 3.98. The highest BCUT2D eigenvalue weighted by Crippen LogP contribution is 2.30. The number of rotatable bonds is 5. The molecule has 0 aromatic carbocycles. The largest absolute Gasteiger partial charge is 0.465 e. The molecule has 1 fully saturated rings. The third-order valence-corrected chi connectivity index (χ3v) is 3.97. The van der Waals surface area contributed by atoms with Crippen LogP contribution in [0.4, 0.5) is 0 Å². The van der Waals surface area contributed by atoms with E-state index in [4.69, 9.17) is 16.3 Å². The van der Waals surface area contributed by atoms with Gasteiger partial charge < -0.3 is 4.74 Å². The number of hydrogen-bond donors (Lipinski definition) is 0. The lowest BCUT2D eigenvalue weighted by atomic mass is 9.83. The van der Waals surface area contributed by atoms with E-state index in [0.29, 0.717) is 6.61 Å². The Hall–Kier alpha value is -0.570. The van der Waals surface area contributed by atoms with Crippen LogP contribution >= 0.6 is 11.6 Å². The van der Waals surface area contributed by atoms with Gasteiger partial charge in [0, 0.05) is 0 Å². The lowest BCUT2D eigenvalue weighted by Crippen LogP contribution is -2.34. The standard InChI is InChI=1S/C13H21ClO3/c1-3-17-13(16)9(2)12(15)11(14)10-7-5-4-6-8-10/h9-11H,3-8H2,1-2H3. The van der Waals surface area contributed by atoms with Gasteiger partial charge in [0.15, 0.2) is 5.78 Å². The van der Waals surface area contributed by atoms with Gasteiger partial charge in [-0.05, 0) is 32.6 Å². The van der Waals surface area contributed by atoms with Crippen molar-refractivity contribution in [3.63, 3.8) is 0 Å². The van der Waals surface area contributed by atoms with Crippen molar-refractivity contribution in [2.75, 3.05) is 6.61 Å². The van der Waals surface area contributed by atoms with Crippen molar-refractivity contribution in [3.05, 3.63) is 0 Å². The molecule has 1 rings (SSSR count). The number of ketones is 1. The van der Waals surface area contributed by atoms with Gasteiger partial charge in [0.1, 0.15) is 5.92 Å². The van der Waals surface area contributed by atoms with Crippen molar-refractivity contribution < 1.29 is 14.3 Å². The van der Waals surface area contributed by atoms with Crippen LogP contribution in [0.25, 0.3) is 0 Å². The lowest BCUT2D eigenvalue weighted by Gasteiger charge is -2.26. The Morgan fingerprint density at radius 3 is 2.41 bits per heavy atom. The Morgan fingerprint density at radius 2 is 1.88 bits per heavy atom. The fourth-order valence-electron chi connectivity index (χ4n) is 2.28. The minimum absolute atomic E-state index is 0.183. The van der Waals surface area contributed by atoms with Crippen LogP contribution in [-0.4, -0.2) is 23.7 Å². The van der Waals surface area contributed by atoms with Crippen molar-refractivity contribution in [1.29, 1.82) is 0 Å². The summed E-state index contributed by atoms with van der Waals surface area (Å²) in [5.74, 6) is -1.15. The van der Waals surface area contributed by atoms with Gasteiger partial charge in [-0.1, -0.05) is 19.3 Å². The van der Waals surface area contributed by atoms with E-state index < -0.39 is 17.3 Å². The Morgan fingerprint density at radius 1 is 1.29 bits per heavy atom. The first kappa shape index (κ1) is 14.5. The van der Waals surface area contributed by atoms with Crippen molar-refractivity contribution in [2.45, 2.75) is 51.3 Å². The Labute approximate surface area is 108 Å². The number of carbonyl (C=O) groups is 2. The molecular weight excluding hydrogens is 240 g/mol. The molecule has 0 aromatic rings. The van der Waals surface area contributed by atoms with Crippen LogP contribution in [-0.2, 0) is 14.3 Å². The number of alkyl halides is 1. The molecular formula is C13H21ClO3. The molecule has 0 N–H and O–H groups in total. The maximum atomic E-state index is 12.0. The van der Waals surface area contributed by atoms with Crippen LogP contribution in [0.1, 0.15) is 46.0 Å². The van der Waals surface area contributed by atoms with E-state index in [0.717, 1.165) is 25.7 Å². The highest BCUT2D eigenvalue weighted by molar-refractivity contribution is 6.33. The van der Waals surface area contributed by atoms with Crippen molar-refractivity contribution in [3.8, 4) is 0 Å². The average molecular weight is 261 g/mol. The molecule has 2 atom stereocenters. The fourth-order valence-corrected chi connectivity index (χ4v) is 2.72. The molecule has 0 saturated heterocycles. The molecule has 0 amide bonds. The molecule has 0 spiro atoms. The van der Waals surface area contributed by atoms with E-state index in [1.54, 1.807) is 13.8 Å². The van der Waals surface area contributed by atoms with Gasteiger partial charge in [-0.2, -0.15) is 0 Å². The van der Waals surface area contributed by atoms with Gasteiger partial charge in [0.25, 0.3) is 0 Å². The minimum atomic E-state index is -0.737. The van der Waals surface area contributed by atoms with Gasteiger partial charge >= 0.3 is 5.97 Å². The summed E-state index contributed by atoms with van der Waals surface area (Å²) in [5.41, 5.74) is 0. The van der Waals surface area contributed by atoms with Crippen LogP contribution in [0.15, 0.2) is 0 Å². The van der Waals surface area contributed by atoms with Crippen LogP contribution in [0.2, 0.25) is 0 Å². The monoisotopic (exact) mass is 260 g/mol. The first-order valence-electron chi connectivity index (χ1n) is 6.42. The van der Waals surface area contributed by atoms with Crippen LogP contribution in [0.3, 0.4) is 0 Å². The zero-order chi connectivity index (χ0) is 12.8. The van der Waals surface area contributed by atoms with E-state index in [1.807, 2.05) is 0 Å². The third-order valence-electron chi connectivity index (χ3n) is 3.40. The molecule has 0 bridgehead atoms. The summed E-state index contributed by atoms with van der Waals surface area (Å²) >= 11 is 6.19. The number of carbonyl (C=O) groups excluding carboxylic acids is 2. The topological polar surface area (TPSA) is 43.4 Å². The maximum absolute atomic E-state index is 12.0. The van der Waals surface area contributed by atoms with Gasteiger partial charge in [-0.25, -0.2) is 0 Å². The second-order valence-electron chi connectivity index (χ2n) is 4.68. The van der Waals surface area contributed by atoms with Gasteiger partial charge in [-0.3, -0.25) is 9.59 Å². The SMILES string of the molecule is CCOC(=O)C(C)C(=O)C(Cl)C1CCCCC1. The van der Waals surface area contributed by atoms with Gasteiger partial charge in [-0.15, -0.1) is 11.6 Å². The van der Waals surface area contributed by atoms with Gasteiger partial charge in [0.05, 0.1) is 12.0 Å². The number of esters is 1. The second kappa shape index (κ2) is 7.00. The average Bonchev–Trinajstić information content (AvgIpc) is 2.37. The molecule has 1 aliphatic carbocycles. The number of halogens is 1. The first-order valence-corrected chi connectivity index (χ1v) is 6.86. The Balaban J connectivity index is 2.52. The Bertz CT molecular complexity index is 272. The summed E-state index contributed by atoms with van der Waals surface area (Å²) < 4.78 is 4.84. The smallest absolute Gasteiger partial charge is 0.316 e. The van der Waals surface area contributed by atoms with Crippen LogP contribution in [0, 0.1) is 11.8 Å². The van der Waals surface area contributed by atoms with Crippen molar-refractivity contribution >= 4 is 23.4 Å². The normalized spacial score (nSPS) is 20.6. The maximum Gasteiger partial charge on any atom is 0.316 e. The minimum Gasteiger partial charge on any atom is -0.465 e. The molecule has 3 nitrogen and oxygen atoms in total. The van der Waals surface area contributed by atoms with E-state index in [2.05, 4.69) is 0 Å². The molecule has 1 aliphatic rings. The quantitative estimate of drug-likeness (QED) is 0.434. The summed E-state index contributed by atoms with van der Waals surface area (Å²) in [6.07, 6.45) is 5.48. The van der Waals surface area contributed by atoms with Gasteiger partial charge in [0.2, 0.25) is 0 Å². The van der Waals surface area contributed by atoms with E-state index in [-0.39, 0.29) is 11.7 Å². The van der Waals surface area contributed by atoms with Crippen LogP contribution in [0.5, 0.6) is 0 Å². The molecule has 4 heteroatoms. The summed E-state index contributed by atoms with van der Waals surface area (Å²) in [6, 6.07) is 0. The number of ether oxygens (including phenoxy) is 1. The highest BCUT2D eigenvalue weighted by atomic mass is 35.5. The second-order valence-corrected chi connectivity index (χ2v) is 5.15. The summed E-state index contributed by atoms with van der Waals surface area (Å²) in [5, 5.41) is -0.533. The molecule has 0 aromatic heterocycles. The number of hydrogen-bond acceptors (Lipinski definition) is 3. The first-order chi connectivity index (χ1) is 8.07. The van der Waals surface area contributed by atoms with E-state index in [1.165, 1.54) is 6.42 Å². The molecule has 0 radical (unpaired) electrons. The predicted octanol–water partition coefficient (Wildman–Crippen LogP) is 2.94. The number of Topliss-reactive ketones (excluding diaryl/α,β-unsaturated/α-hetero) is 1. The molecule has 0 heterocycles. The molecule has 98 valence electrons. The zero-order valence-corrected chi connectivity index (χ0v) is 11.3. The van der Waals surface area contributed by atoms with Crippen molar-refractivity contribution in [2.24, 2.45) is 11.8 Å². The highest BCUT2D eigenvalue weighted by Gasteiger charge is 2.33. The molecule has 17 heavy (non-hydrogen) atoms. The van der Waals surface area contributed by atoms with E-state index >= 15 is 0 Å². The summed E-state index contributed by atoms with van der Waals surface area (Å²) in [7, 11) is 0. The molecule has 2 unspecified atom stereocenters. The van der Waals surface area contributed by atoms with E-state index in [9.17, 15) is 9.59 Å². The van der Waals surface area contributed by atoms with Crippen molar-refractivity contribution in [1.82, 2.24) is 0 Å². The Kier molecular flexibility index (Phi) is 5.96. The summed E-state index contributed by atoms with van der Waals surface area (Å²) in [6.45, 7) is 3.61. The zero-order valence-electron chi connectivity index (χ0n) is 10.6. The molecule has 0 aliphatic heterocycles. The summed E-state index contributed by atoms with van der Waals surface area (Å²) in [4.78, 5) is 23.5. The predicted molar refractivity (Wildman–Crippen MR) is 67.0 cm³/mol. The molecule has 1 saturated carbocycles. The fraction of sp³-hybridized carbons (Fsp3) is 0.846.